The van der Waals surface area contributed by atoms with Crippen molar-refractivity contribution in [2.45, 2.75) is 31.8 Å². The molecule has 0 amide bonds. The predicted octanol–water partition coefficient (Wildman–Crippen LogP) is 1.94. The van der Waals surface area contributed by atoms with Crippen molar-refractivity contribution in [3.63, 3.8) is 0 Å². The molecule has 1 saturated carbocycles. The van der Waals surface area contributed by atoms with Gasteiger partial charge in [-0.1, -0.05) is 12.8 Å². The van der Waals surface area contributed by atoms with Crippen LogP contribution in [0.2, 0.25) is 0 Å². The van der Waals surface area contributed by atoms with Gasteiger partial charge in [-0.3, -0.25) is 10.1 Å². The minimum atomic E-state index is -0.546. The molecule has 0 bridgehead atoms. The number of anilines is 2. The van der Waals surface area contributed by atoms with Crippen molar-refractivity contribution >= 4 is 17.3 Å². The first-order valence-electron chi connectivity index (χ1n) is 6.43. The fraction of sp³-hybridized carbons (Fsp3) is 0.583. The van der Waals surface area contributed by atoms with Crippen LogP contribution >= 0.6 is 0 Å². The first-order valence-corrected chi connectivity index (χ1v) is 6.43. The Morgan fingerprint density at radius 3 is 2.84 bits per heavy atom. The molecule has 1 fully saturated rings. The highest BCUT2D eigenvalue weighted by atomic mass is 16.6. The zero-order valence-electron chi connectivity index (χ0n) is 10.7. The van der Waals surface area contributed by atoms with E-state index < -0.39 is 4.92 Å². The van der Waals surface area contributed by atoms with Crippen LogP contribution in [0.4, 0.5) is 17.3 Å². The van der Waals surface area contributed by atoms with Crippen LogP contribution < -0.4 is 11.1 Å². The van der Waals surface area contributed by atoms with E-state index in [0.717, 1.165) is 12.8 Å². The Bertz CT molecular complexity index is 447. The van der Waals surface area contributed by atoms with Crippen molar-refractivity contribution < 1.29 is 9.66 Å². The quantitative estimate of drug-likeness (QED) is 0.463. The summed E-state index contributed by atoms with van der Waals surface area (Å²) in [6, 6.07) is 2.90. The minimum Gasteiger partial charge on any atom is -0.378 e. The summed E-state index contributed by atoms with van der Waals surface area (Å²) >= 11 is 0. The molecule has 1 aliphatic carbocycles. The maximum atomic E-state index is 10.6. The molecule has 0 radical (unpaired) electrons. The Morgan fingerprint density at radius 2 is 2.21 bits per heavy atom. The van der Waals surface area contributed by atoms with Gasteiger partial charge in [0.05, 0.1) is 17.6 Å². The number of nitrogens with two attached hydrogens (primary N) is 1. The summed E-state index contributed by atoms with van der Waals surface area (Å²) in [6.45, 7) is 1.21. The lowest BCUT2D eigenvalue weighted by Gasteiger charge is -2.11. The van der Waals surface area contributed by atoms with Gasteiger partial charge in [-0.05, 0) is 18.9 Å². The average Bonchev–Trinajstić information content (AvgIpc) is 2.87. The molecule has 0 saturated heterocycles. The molecule has 7 nitrogen and oxygen atoms in total. The highest BCUT2D eigenvalue weighted by molar-refractivity contribution is 5.57. The maximum Gasteiger partial charge on any atom is 0.311 e. The van der Waals surface area contributed by atoms with Crippen molar-refractivity contribution in [3.8, 4) is 0 Å². The van der Waals surface area contributed by atoms with Crippen molar-refractivity contribution in [1.29, 1.82) is 0 Å². The third kappa shape index (κ3) is 3.78. The van der Waals surface area contributed by atoms with E-state index >= 15 is 0 Å². The van der Waals surface area contributed by atoms with Crippen LogP contribution in [0.15, 0.2) is 12.1 Å². The molecule has 104 valence electrons. The SMILES string of the molecule is Nc1nc(NCCOC2CCCC2)ccc1[N+](=O)[O-]. The zero-order valence-corrected chi connectivity index (χ0v) is 10.7. The van der Waals surface area contributed by atoms with E-state index in [1.54, 1.807) is 6.07 Å². The van der Waals surface area contributed by atoms with Gasteiger partial charge in [-0.2, -0.15) is 0 Å². The number of ether oxygens (including phenoxy) is 1. The van der Waals surface area contributed by atoms with Crippen LogP contribution in [0.5, 0.6) is 0 Å². The molecular formula is C12H18N4O3. The Balaban J connectivity index is 1.76. The summed E-state index contributed by atoms with van der Waals surface area (Å²) in [4.78, 5) is 14.0. The number of rotatable bonds is 6. The van der Waals surface area contributed by atoms with Crippen molar-refractivity contribution in [3.05, 3.63) is 22.2 Å². The molecule has 7 heteroatoms. The Morgan fingerprint density at radius 1 is 1.47 bits per heavy atom. The van der Waals surface area contributed by atoms with E-state index in [1.165, 1.54) is 18.9 Å². The summed E-state index contributed by atoms with van der Waals surface area (Å²) in [5.74, 6) is 0.449. The van der Waals surface area contributed by atoms with Crippen molar-refractivity contribution in [2.24, 2.45) is 0 Å². The first kappa shape index (κ1) is 13.5. The van der Waals surface area contributed by atoms with E-state index in [9.17, 15) is 10.1 Å². The molecule has 1 aromatic heterocycles. The molecule has 1 heterocycles. The number of nitro groups is 1. The van der Waals surface area contributed by atoms with Gasteiger partial charge in [-0.15, -0.1) is 0 Å². The topological polar surface area (TPSA) is 103 Å². The second kappa shape index (κ2) is 6.33. The number of hydrogen-bond acceptors (Lipinski definition) is 6. The maximum absolute atomic E-state index is 10.6. The van der Waals surface area contributed by atoms with Gasteiger partial charge in [0.1, 0.15) is 5.82 Å². The lowest BCUT2D eigenvalue weighted by Crippen LogP contribution is -2.16. The number of nitrogen functional groups attached to an aromatic ring is 1. The van der Waals surface area contributed by atoms with Crippen LogP contribution in [-0.4, -0.2) is 29.2 Å². The van der Waals surface area contributed by atoms with E-state index in [1.807, 2.05) is 0 Å². The summed E-state index contributed by atoms with van der Waals surface area (Å²) in [5, 5.41) is 13.6. The van der Waals surface area contributed by atoms with E-state index in [2.05, 4.69) is 10.3 Å². The summed E-state index contributed by atoms with van der Waals surface area (Å²) < 4.78 is 5.69. The fourth-order valence-electron chi connectivity index (χ4n) is 2.18. The second-order valence-electron chi connectivity index (χ2n) is 4.56. The molecule has 0 aromatic carbocycles. The van der Waals surface area contributed by atoms with Gasteiger partial charge in [0.25, 0.3) is 0 Å². The molecule has 0 spiro atoms. The van der Waals surface area contributed by atoms with Gasteiger partial charge in [0.15, 0.2) is 0 Å². The Hall–Kier alpha value is -1.89. The number of pyridine rings is 1. The van der Waals surface area contributed by atoms with E-state index in [4.69, 9.17) is 10.5 Å². The van der Waals surface area contributed by atoms with Gasteiger partial charge in [0.2, 0.25) is 5.82 Å². The van der Waals surface area contributed by atoms with Gasteiger partial charge in [-0.25, -0.2) is 4.98 Å². The van der Waals surface area contributed by atoms with E-state index in [0.29, 0.717) is 25.1 Å². The normalized spacial score (nSPS) is 15.6. The molecule has 2 rings (SSSR count). The van der Waals surface area contributed by atoms with Gasteiger partial charge < -0.3 is 15.8 Å². The molecule has 0 atom stereocenters. The van der Waals surface area contributed by atoms with Crippen molar-refractivity contribution in [2.75, 3.05) is 24.2 Å². The first-order chi connectivity index (χ1) is 9.16. The predicted molar refractivity (Wildman–Crippen MR) is 72.0 cm³/mol. The summed E-state index contributed by atoms with van der Waals surface area (Å²) in [7, 11) is 0. The molecule has 0 aliphatic heterocycles. The molecule has 19 heavy (non-hydrogen) atoms. The Kier molecular flexibility index (Phi) is 4.51. The lowest BCUT2D eigenvalue weighted by atomic mass is 10.3. The summed E-state index contributed by atoms with van der Waals surface area (Å²) in [6.07, 6.45) is 5.17. The smallest absolute Gasteiger partial charge is 0.311 e. The second-order valence-corrected chi connectivity index (χ2v) is 4.56. The molecule has 0 unspecified atom stereocenters. The van der Waals surface area contributed by atoms with Crippen LogP contribution in [0.3, 0.4) is 0 Å². The number of aromatic nitrogens is 1. The zero-order chi connectivity index (χ0) is 13.7. The van der Waals surface area contributed by atoms with Gasteiger partial charge >= 0.3 is 5.69 Å². The monoisotopic (exact) mass is 266 g/mol. The standard InChI is InChI=1S/C12H18N4O3/c13-12-10(16(17)18)5-6-11(15-12)14-7-8-19-9-3-1-2-4-9/h5-6,9H,1-4,7-8H2,(H3,13,14,15). The highest BCUT2D eigenvalue weighted by Crippen LogP contribution is 2.21. The van der Waals surface area contributed by atoms with Crippen LogP contribution in [0, 0.1) is 10.1 Å². The van der Waals surface area contributed by atoms with E-state index in [-0.39, 0.29) is 11.5 Å². The minimum absolute atomic E-state index is 0.0771. The van der Waals surface area contributed by atoms with Gasteiger partial charge in [0, 0.05) is 12.6 Å². The van der Waals surface area contributed by atoms with Crippen LogP contribution in [-0.2, 0) is 4.74 Å². The number of nitrogens with zero attached hydrogens (tertiary/aromatic N) is 2. The molecule has 3 N–H and O–H groups in total. The average molecular weight is 266 g/mol. The molecule has 1 aliphatic rings. The fourth-order valence-corrected chi connectivity index (χ4v) is 2.18. The Labute approximate surface area is 111 Å². The third-order valence-electron chi connectivity index (χ3n) is 3.16. The molecular weight excluding hydrogens is 248 g/mol. The van der Waals surface area contributed by atoms with Crippen molar-refractivity contribution in [1.82, 2.24) is 4.98 Å². The van der Waals surface area contributed by atoms with Crippen LogP contribution in [0.1, 0.15) is 25.7 Å². The lowest BCUT2D eigenvalue weighted by molar-refractivity contribution is -0.384. The molecule has 1 aromatic rings. The summed E-state index contributed by atoms with van der Waals surface area (Å²) in [5.41, 5.74) is 5.33. The third-order valence-corrected chi connectivity index (χ3v) is 3.16. The highest BCUT2D eigenvalue weighted by Gasteiger charge is 2.15. The number of hydrogen-bond donors (Lipinski definition) is 2. The number of nitrogens with one attached hydrogen (secondary N) is 1. The largest absolute Gasteiger partial charge is 0.378 e. The van der Waals surface area contributed by atoms with Crippen LogP contribution in [0.25, 0.3) is 0 Å².